The largest absolute Gasteiger partial charge is 0.339 e. The second-order valence-electron chi connectivity index (χ2n) is 4.77. The maximum Gasteiger partial charge on any atom is 0.231 e. The van der Waals surface area contributed by atoms with Gasteiger partial charge in [0.1, 0.15) is 0 Å². The van der Waals surface area contributed by atoms with Crippen molar-refractivity contribution in [1.82, 2.24) is 15.5 Å². The lowest BCUT2D eigenvalue weighted by Gasteiger charge is -2.18. The lowest BCUT2D eigenvalue weighted by Crippen LogP contribution is -2.30. The highest BCUT2D eigenvalue weighted by atomic mass is 79.9. The molecule has 1 aromatic carbocycles. The van der Waals surface area contributed by atoms with Gasteiger partial charge >= 0.3 is 0 Å². The molecule has 114 valence electrons. The van der Waals surface area contributed by atoms with Gasteiger partial charge in [-0.15, -0.1) is 0 Å². The molecule has 2 atom stereocenters. The van der Waals surface area contributed by atoms with E-state index in [0.29, 0.717) is 11.5 Å². The summed E-state index contributed by atoms with van der Waals surface area (Å²) in [6.07, 6.45) is 0.907. The third kappa shape index (κ3) is 3.13. The second-order valence-corrected chi connectivity index (χ2v) is 5.56. The minimum Gasteiger partial charge on any atom is -0.339 e. The summed E-state index contributed by atoms with van der Waals surface area (Å²) in [5, 5.41) is 7.04. The topological polar surface area (TPSA) is 51.0 Å². The Labute approximate surface area is 130 Å². The third-order valence-corrected chi connectivity index (χ3v) is 4.30. The number of rotatable bonds is 5. The number of hydrogen-bond acceptors (Lipinski definition) is 4. The van der Waals surface area contributed by atoms with Crippen LogP contribution >= 0.6 is 15.9 Å². The van der Waals surface area contributed by atoms with Gasteiger partial charge in [0.25, 0.3) is 0 Å². The Hall–Kier alpha value is -1.34. The molecule has 0 fully saturated rings. The first-order valence-electron chi connectivity index (χ1n) is 6.64. The average molecular weight is 360 g/mol. The van der Waals surface area contributed by atoms with Crippen LogP contribution in [0, 0.1) is 11.6 Å². The smallest absolute Gasteiger partial charge is 0.231 e. The zero-order chi connectivity index (χ0) is 15.6. The predicted octanol–water partition coefficient (Wildman–Crippen LogP) is 3.88. The van der Waals surface area contributed by atoms with E-state index >= 15 is 0 Å². The van der Waals surface area contributed by atoms with Crippen LogP contribution in [0.5, 0.6) is 0 Å². The molecule has 0 radical (unpaired) electrons. The minimum atomic E-state index is -0.964. The van der Waals surface area contributed by atoms with Crippen LogP contribution in [-0.2, 0) is 0 Å². The molecule has 0 bridgehead atoms. The summed E-state index contributed by atoms with van der Waals surface area (Å²) < 4.78 is 31.9. The Kier molecular flexibility index (Phi) is 5.05. The summed E-state index contributed by atoms with van der Waals surface area (Å²) in [6, 6.07) is 2.65. The molecule has 4 nitrogen and oxygen atoms in total. The summed E-state index contributed by atoms with van der Waals surface area (Å²) in [7, 11) is 1.87. The number of aromatic nitrogens is 2. The Bertz CT molecular complexity index is 629. The Morgan fingerprint density at radius 3 is 2.71 bits per heavy atom. The van der Waals surface area contributed by atoms with Gasteiger partial charge in [0.05, 0.1) is 10.4 Å². The van der Waals surface area contributed by atoms with Crippen LogP contribution in [0.1, 0.15) is 32.1 Å². The SMILES string of the molecule is CCC(NC)C(C)c1nc(-c2ccc(F)c(F)c2Br)no1. The first-order valence-corrected chi connectivity index (χ1v) is 7.43. The summed E-state index contributed by atoms with van der Waals surface area (Å²) in [5.74, 6) is -1.18. The van der Waals surface area contributed by atoms with Crippen LogP contribution < -0.4 is 5.32 Å². The number of likely N-dealkylation sites (N-methyl/N-ethyl adjacent to an activating group) is 1. The number of hydrogen-bond donors (Lipinski definition) is 1. The first kappa shape index (κ1) is 16.0. The van der Waals surface area contributed by atoms with Crippen LogP contribution in [-0.4, -0.2) is 23.2 Å². The molecule has 0 aliphatic rings. The summed E-state index contributed by atoms with van der Waals surface area (Å²) in [6.45, 7) is 4.03. The number of nitrogens with one attached hydrogen (secondary N) is 1. The van der Waals surface area contributed by atoms with E-state index < -0.39 is 11.6 Å². The first-order chi connectivity index (χ1) is 9.99. The van der Waals surface area contributed by atoms with E-state index in [1.807, 2.05) is 14.0 Å². The molecule has 0 amide bonds. The standard InChI is InChI=1S/C14H16BrF2N3O/c1-4-10(18-3)7(2)14-19-13(20-21-14)8-5-6-9(16)12(17)11(8)15/h5-7,10,18H,4H2,1-3H3. The number of benzene rings is 1. The third-order valence-electron chi connectivity index (χ3n) is 3.52. The van der Waals surface area contributed by atoms with Gasteiger partial charge in [-0.1, -0.05) is 19.0 Å². The van der Waals surface area contributed by atoms with E-state index in [1.54, 1.807) is 0 Å². The van der Waals surface area contributed by atoms with Crippen LogP contribution in [0.3, 0.4) is 0 Å². The van der Waals surface area contributed by atoms with Crippen molar-refractivity contribution in [3.05, 3.63) is 34.1 Å². The van der Waals surface area contributed by atoms with Gasteiger partial charge in [0.15, 0.2) is 11.6 Å². The molecular weight excluding hydrogens is 344 g/mol. The maximum atomic E-state index is 13.6. The van der Waals surface area contributed by atoms with Crippen molar-refractivity contribution in [2.75, 3.05) is 7.05 Å². The molecule has 0 saturated heterocycles. The van der Waals surface area contributed by atoms with Crippen LogP contribution in [0.2, 0.25) is 0 Å². The van der Waals surface area contributed by atoms with E-state index in [0.717, 1.165) is 12.5 Å². The van der Waals surface area contributed by atoms with E-state index in [1.165, 1.54) is 6.07 Å². The molecule has 1 N–H and O–H groups in total. The normalized spacial score (nSPS) is 14.2. The highest BCUT2D eigenvalue weighted by molar-refractivity contribution is 9.10. The van der Waals surface area contributed by atoms with Crippen LogP contribution in [0.25, 0.3) is 11.4 Å². The van der Waals surface area contributed by atoms with Crippen molar-refractivity contribution < 1.29 is 13.3 Å². The molecule has 1 aromatic heterocycles. The van der Waals surface area contributed by atoms with Crippen LogP contribution in [0.15, 0.2) is 21.1 Å². The van der Waals surface area contributed by atoms with Gasteiger partial charge in [0.2, 0.25) is 11.7 Å². The lowest BCUT2D eigenvalue weighted by molar-refractivity contribution is 0.326. The minimum absolute atomic E-state index is 0.0110. The number of nitrogens with zero attached hydrogens (tertiary/aromatic N) is 2. The predicted molar refractivity (Wildman–Crippen MR) is 78.9 cm³/mol. The Morgan fingerprint density at radius 2 is 2.10 bits per heavy atom. The Balaban J connectivity index is 2.34. The maximum absolute atomic E-state index is 13.6. The molecule has 7 heteroatoms. The second kappa shape index (κ2) is 6.62. The average Bonchev–Trinajstić information content (AvgIpc) is 2.95. The highest BCUT2D eigenvalue weighted by Crippen LogP contribution is 2.31. The summed E-state index contributed by atoms with van der Waals surface area (Å²) in [5.41, 5.74) is 0.355. The van der Waals surface area contributed by atoms with Crippen molar-refractivity contribution in [1.29, 1.82) is 0 Å². The quantitative estimate of drug-likeness (QED) is 0.823. The zero-order valence-electron chi connectivity index (χ0n) is 12.0. The van der Waals surface area contributed by atoms with Gasteiger partial charge in [0, 0.05) is 11.6 Å². The van der Waals surface area contributed by atoms with E-state index in [9.17, 15) is 8.78 Å². The summed E-state index contributed by atoms with van der Waals surface area (Å²) in [4.78, 5) is 4.29. The van der Waals surface area contributed by atoms with Gasteiger partial charge in [-0.25, -0.2) is 8.78 Å². The lowest BCUT2D eigenvalue weighted by atomic mass is 10.00. The summed E-state index contributed by atoms with van der Waals surface area (Å²) >= 11 is 3.02. The molecular formula is C14H16BrF2N3O. The molecule has 0 aliphatic heterocycles. The molecule has 21 heavy (non-hydrogen) atoms. The highest BCUT2D eigenvalue weighted by Gasteiger charge is 2.23. The molecule has 2 aromatic rings. The molecule has 0 spiro atoms. The van der Waals surface area contributed by atoms with Crippen molar-refractivity contribution in [2.24, 2.45) is 0 Å². The molecule has 0 aliphatic carbocycles. The molecule has 0 saturated carbocycles. The number of halogens is 3. The van der Waals surface area contributed by atoms with E-state index in [2.05, 4.69) is 38.3 Å². The van der Waals surface area contributed by atoms with E-state index in [4.69, 9.17) is 4.52 Å². The van der Waals surface area contributed by atoms with Crippen molar-refractivity contribution in [3.63, 3.8) is 0 Å². The van der Waals surface area contributed by atoms with Gasteiger partial charge < -0.3 is 9.84 Å². The monoisotopic (exact) mass is 359 g/mol. The zero-order valence-corrected chi connectivity index (χ0v) is 13.5. The van der Waals surface area contributed by atoms with Gasteiger partial charge in [-0.3, -0.25) is 0 Å². The van der Waals surface area contributed by atoms with E-state index in [-0.39, 0.29) is 22.3 Å². The molecule has 2 rings (SSSR count). The fourth-order valence-corrected chi connectivity index (χ4v) is 2.71. The fraction of sp³-hybridized carbons (Fsp3) is 0.429. The van der Waals surface area contributed by atoms with Crippen molar-refractivity contribution >= 4 is 15.9 Å². The fourth-order valence-electron chi connectivity index (χ4n) is 2.21. The molecule has 2 unspecified atom stereocenters. The molecule has 1 heterocycles. The van der Waals surface area contributed by atoms with Crippen molar-refractivity contribution in [3.8, 4) is 11.4 Å². The Morgan fingerprint density at radius 1 is 1.38 bits per heavy atom. The van der Waals surface area contributed by atoms with Crippen molar-refractivity contribution in [2.45, 2.75) is 32.2 Å². The van der Waals surface area contributed by atoms with Gasteiger partial charge in [-0.05, 0) is 41.5 Å². The van der Waals surface area contributed by atoms with Crippen LogP contribution in [0.4, 0.5) is 8.78 Å². The van der Waals surface area contributed by atoms with Gasteiger partial charge in [-0.2, -0.15) is 4.98 Å².